The Morgan fingerprint density at radius 3 is 3.06 bits per heavy atom. The molecule has 3 nitrogen and oxygen atoms in total. The van der Waals surface area contributed by atoms with Gasteiger partial charge in [0.25, 0.3) is 0 Å². The molecule has 1 saturated heterocycles. The number of H-pyrrole nitrogens is 1. The molecular weight excluding hydrogens is 224 g/mol. The smallest absolute Gasteiger partial charge is 0.0646 e. The lowest BCUT2D eigenvalue weighted by molar-refractivity contribution is 0.0318. The van der Waals surface area contributed by atoms with E-state index in [0.29, 0.717) is 0 Å². The fraction of sp³-hybridized carbons (Fsp3) is 0.467. The van der Waals surface area contributed by atoms with Gasteiger partial charge in [-0.25, -0.2) is 0 Å². The molecule has 1 aliphatic heterocycles. The zero-order chi connectivity index (χ0) is 12.4. The number of fused-ring (bicyclic) bond motifs is 1. The topological polar surface area (TPSA) is 37.0 Å². The summed E-state index contributed by atoms with van der Waals surface area (Å²) in [6, 6.07) is 8.49. The highest BCUT2D eigenvalue weighted by Gasteiger charge is 2.26. The van der Waals surface area contributed by atoms with E-state index in [2.05, 4.69) is 47.7 Å². The predicted molar refractivity (Wildman–Crippen MR) is 73.8 cm³/mol. The van der Waals surface area contributed by atoms with E-state index >= 15 is 0 Å². The van der Waals surface area contributed by atoms with Crippen molar-refractivity contribution in [3.63, 3.8) is 0 Å². The molecule has 0 aliphatic carbocycles. The Hall–Kier alpha value is -1.32. The van der Waals surface area contributed by atoms with Gasteiger partial charge in [0, 0.05) is 29.2 Å². The second-order valence-electron chi connectivity index (χ2n) is 5.40. The molecule has 0 radical (unpaired) electrons. The molecule has 1 aliphatic rings. The van der Waals surface area contributed by atoms with Gasteiger partial charge in [-0.15, -0.1) is 0 Å². The Morgan fingerprint density at radius 2 is 2.22 bits per heavy atom. The number of ether oxygens (including phenoxy) is 1. The summed E-state index contributed by atoms with van der Waals surface area (Å²) in [5.41, 5.74) is 2.75. The van der Waals surface area contributed by atoms with Gasteiger partial charge in [0.2, 0.25) is 0 Å². The maximum Gasteiger partial charge on any atom is 0.0646 e. The van der Waals surface area contributed by atoms with Crippen molar-refractivity contribution in [1.29, 1.82) is 0 Å². The Balaban J connectivity index is 1.73. The molecule has 0 spiro atoms. The van der Waals surface area contributed by atoms with Crippen LogP contribution in [0.15, 0.2) is 30.5 Å². The molecule has 96 valence electrons. The van der Waals surface area contributed by atoms with Crippen molar-refractivity contribution in [3.05, 3.63) is 36.0 Å². The number of morpholine rings is 1. The van der Waals surface area contributed by atoms with Gasteiger partial charge in [0.1, 0.15) is 0 Å². The Bertz CT molecular complexity index is 526. The van der Waals surface area contributed by atoms with Crippen LogP contribution in [-0.4, -0.2) is 30.3 Å². The minimum absolute atomic E-state index is 0.122. The van der Waals surface area contributed by atoms with Gasteiger partial charge in [-0.1, -0.05) is 18.2 Å². The average Bonchev–Trinajstić information content (AvgIpc) is 2.81. The van der Waals surface area contributed by atoms with Crippen LogP contribution in [0.25, 0.3) is 10.9 Å². The van der Waals surface area contributed by atoms with Crippen LogP contribution in [0.2, 0.25) is 0 Å². The van der Waals surface area contributed by atoms with Crippen LogP contribution in [0.4, 0.5) is 0 Å². The molecule has 0 amide bonds. The molecule has 1 atom stereocenters. The highest BCUT2D eigenvalue weighted by Crippen LogP contribution is 2.22. The zero-order valence-electron chi connectivity index (χ0n) is 10.8. The van der Waals surface area contributed by atoms with E-state index < -0.39 is 0 Å². The zero-order valence-corrected chi connectivity index (χ0v) is 10.8. The van der Waals surface area contributed by atoms with Gasteiger partial charge >= 0.3 is 0 Å². The molecule has 2 heterocycles. The molecule has 3 rings (SSSR count). The van der Waals surface area contributed by atoms with Gasteiger partial charge in [0.05, 0.1) is 13.2 Å². The summed E-state index contributed by atoms with van der Waals surface area (Å²) < 4.78 is 5.57. The Labute approximate surface area is 108 Å². The molecule has 0 saturated carbocycles. The van der Waals surface area contributed by atoms with Gasteiger partial charge in [-0.3, -0.25) is 0 Å². The summed E-state index contributed by atoms with van der Waals surface area (Å²) in [5, 5.41) is 4.92. The summed E-state index contributed by atoms with van der Waals surface area (Å²) in [7, 11) is 0. The summed E-state index contributed by atoms with van der Waals surface area (Å²) >= 11 is 0. The molecule has 1 unspecified atom stereocenters. The number of hydrogen-bond donors (Lipinski definition) is 2. The number of benzene rings is 1. The number of hydrogen-bond acceptors (Lipinski definition) is 2. The molecule has 1 aromatic carbocycles. The number of aryl methyl sites for hydroxylation is 1. The lowest BCUT2D eigenvalue weighted by Crippen LogP contribution is -2.52. The van der Waals surface area contributed by atoms with Crippen LogP contribution in [0.1, 0.15) is 18.9 Å². The van der Waals surface area contributed by atoms with E-state index in [4.69, 9.17) is 4.74 Å². The van der Waals surface area contributed by atoms with Gasteiger partial charge < -0.3 is 15.0 Å². The highest BCUT2D eigenvalue weighted by molar-refractivity contribution is 5.83. The molecular formula is C15H20N2O. The summed E-state index contributed by atoms with van der Waals surface area (Å²) in [6.45, 7) is 4.86. The lowest BCUT2D eigenvalue weighted by Gasteiger charge is -2.34. The van der Waals surface area contributed by atoms with Crippen molar-refractivity contribution in [2.75, 3.05) is 19.8 Å². The Morgan fingerprint density at radius 1 is 1.33 bits per heavy atom. The van der Waals surface area contributed by atoms with E-state index in [1.54, 1.807) is 0 Å². The fourth-order valence-electron chi connectivity index (χ4n) is 2.68. The molecule has 18 heavy (non-hydrogen) atoms. The van der Waals surface area contributed by atoms with E-state index in [0.717, 1.165) is 32.6 Å². The maximum absolute atomic E-state index is 5.57. The number of rotatable bonds is 3. The van der Waals surface area contributed by atoms with Crippen LogP contribution in [0.3, 0.4) is 0 Å². The van der Waals surface area contributed by atoms with E-state index in [-0.39, 0.29) is 5.54 Å². The number of para-hydroxylation sites is 1. The van der Waals surface area contributed by atoms with Crippen molar-refractivity contribution >= 4 is 10.9 Å². The first-order chi connectivity index (χ1) is 8.77. The number of aromatic amines is 1. The monoisotopic (exact) mass is 244 g/mol. The average molecular weight is 244 g/mol. The van der Waals surface area contributed by atoms with E-state index in [1.807, 2.05) is 0 Å². The van der Waals surface area contributed by atoms with Gasteiger partial charge in [0.15, 0.2) is 0 Å². The SMILES string of the molecule is CC1(CCc2c[nH]c3ccccc23)COCCN1. The van der Waals surface area contributed by atoms with Crippen molar-refractivity contribution in [2.24, 2.45) is 0 Å². The third-order valence-corrected chi connectivity index (χ3v) is 3.84. The third kappa shape index (κ3) is 2.28. The van der Waals surface area contributed by atoms with Crippen molar-refractivity contribution in [3.8, 4) is 0 Å². The first-order valence-electron chi connectivity index (χ1n) is 6.65. The first-order valence-corrected chi connectivity index (χ1v) is 6.65. The fourth-order valence-corrected chi connectivity index (χ4v) is 2.68. The van der Waals surface area contributed by atoms with Crippen LogP contribution in [-0.2, 0) is 11.2 Å². The first kappa shape index (κ1) is 11.8. The van der Waals surface area contributed by atoms with Gasteiger partial charge in [-0.05, 0) is 31.4 Å². The van der Waals surface area contributed by atoms with Crippen LogP contribution in [0, 0.1) is 0 Å². The molecule has 1 fully saturated rings. The molecule has 1 aromatic heterocycles. The van der Waals surface area contributed by atoms with Crippen molar-refractivity contribution in [1.82, 2.24) is 10.3 Å². The second-order valence-corrected chi connectivity index (χ2v) is 5.40. The second kappa shape index (κ2) is 4.75. The molecule has 2 N–H and O–H groups in total. The number of nitrogens with one attached hydrogen (secondary N) is 2. The standard InChI is InChI=1S/C15H20N2O/c1-15(11-18-9-8-17-15)7-6-12-10-16-14-5-3-2-4-13(12)14/h2-5,10,16-17H,6-9,11H2,1H3. The molecule has 3 heteroatoms. The predicted octanol–water partition coefficient (Wildman–Crippen LogP) is 2.48. The van der Waals surface area contributed by atoms with Crippen molar-refractivity contribution < 1.29 is 4.74 Å². The normalized spacial score (nSPS) is 24.5. The lowest BCUT2D eigenvalue weighted by atomic mass is 9.93. The largest absolute Gasteiger partial charge is 0.378 e. The van der Waals surface area contributed by atoms with Crippen LogP contribution in [0.5, 0.6) is 0 Å². The summed E-state index contributed by atoms with van der Waals surface area (Å²) in [4.78, 5) is 3.34. The molecule has 2 aromatic rings. The minimum atomic E-state index is 0.122. The third-order valence-electron chi connectivity index (χ3n) is 3.84. The van der Waals surface area contributed by atoms with Crippen molar-refractivity contribution in [2.45, 2.75) is 25.3 Å². The summed E-state index contributed by atoms with van der Waals surface area (Å²) in [5.74, 6) is 0. The number of aromatic nitrogens is 1. The maximum atomic E-state index is 5.57. The van der Waals surface area contributed by atoms with Crippen LogP contribution < -0.4 is 5.32 Å². The van der Waals surface area contributed by atoms with E-state index in [1.165, 1.54) is 16.5 Å². The van der Waals surface area contributed by atoms with Gasteiger partial charge in [-0.2, -0.15) is 0 Å². The quantitative estimate of drug-likeness (QED) is 0.870. The van der Waals surface area contributed by atoms with Crippen LogP contribution >= 0.6 is 0 Å². The summed E-state index contributed by atoms with van der Waals surface area (Å²) in [6.07, 6.45) is 4.32. The minimum Gasteiger partial charge on any atom is -0.378 e. The molecule has 0 bridgehead atoms. The Kier molecular flexibility index (Phi) is 3.10. The highest BCUT2D eigenvalue weighted by atomic mass is 16.5. The van der Waals surface area contributed by atoms with E-state index in [9.17, 15) is 0 Å².